The number of methoxy groups -OCH3 is 1. The van der Waals surface area contributed by atoms with E-state index < -0.39 is 0 Å². The Bertz CT molecular complexity index is 504. The third-order valence-electron chi connectivity index (χ3n) is 2.43. The quantitative estimate of drug-likeness (QED) is 0.862. The normalized spacial score (nSPS) is 10.7. The van der Waals surface area contributed by atoms with Gasteiger partial charge in [0.15, 0.2) is 0 Å². The Morgan fingerprint density at radius 1 is 1.35 bits per heavy atom. The summed E-state index contributed by atoms with van der Waals surface area (Å²) in [7, 11) is 1.71. The fourth-order valence-electron chi connectivity index (χ4n) is 1.62. The summed E-state index contributed by atoms with van der Waals surface area (Å²) in [6.07, 6.45) is 2.53. The second kappa shape index (κ2) is 5.93. The zero-order valence-corrected chi connectivity index (χ0v) is 11.2. The van der Waals surface area contributed by atoms with Gasteiger partial charge in [0.2, 0.25) is 0 Å². The van der Waals surface area contributed by atoms with Gasteiger partial charge in [0.25, 0.3) is 0 Å². The molecule has 0 saturated carbocycles. The van der Waals surface area contributed by atoms with Gasteiger partial charge in [-0.25, -0.2) is 9.97 Å². The Labute approximate surface area is 109 Å². The number of hydrogen-bond acceptors (Lipinski definition) is 4. The monoisotopic (exact) mass is 295 g/mol. The predicted octanol–water partition coefficient (Wildman–Crippen LogP) is 2.84. The van der Waals surface area contributed by atoms with Crippen LogP contribution in [0.25, 0.3) is 10.9 Å². The Hall–Kier alpha value is -1.20. The molecule has 5 heteroatoms. The predicted molar refractivity (Wildman–Crippen MR) is 72.2 cm³/mol. The summed E-state index contributed by atoms with van der Waals surface area (Å²) in [6.45, 7) is 1.59. The van der Waals surface area contributed by atoms with E-state index in [1.807, 2.05) is 18.2 Å². The highest BCUT2D eigenvalue weighted by molar-refractivity contribution is 9.10. The van der Waals surface area contributed by atoms with Gasteiger partial charge in [-0.2, -0.15) is 0 Å². The van der Waals surface area contributed by atoms with Crippen LogP contribution >= 0.6 is 15.9 Å². The summed E-state index contributed by atoms with van der Waals surface area (Å²) >= 11 is 3.49. The third kappa shape index (κ3) is 2.92. The number of halogens is 1. The minimum atomic E-state index is 0.750. The lowest BCUT2D eigenvalue weighted by Gasteiger charge is -2.08. The summed E-state index contributed by atoms with van der Waals surface area (Å²) in [4.78, 5) is 8.52. The molecule has 1 heterocycles. The van der Waals surface area contributed by atoms with Crippen molar-refractivity contribution in [3.63, 3.8) is 0 Å². The van der Waals surface area contributed by atoms with E-state index in [2.05, 4.69) is 31.2 Å². The van der Waals surface area contributed by atoms with Crippen molar-refractivity contribution in [2.75, 3.05) is 25.6 Å². The van der Waals surface area contributed by atoms with Gasteiger partial charge in [0.1, 0.15) is 12.1 Å². The van der Waals surface area contributed by atoms with Crippen LogP contribution in [0.4, 0.5) is 5.82 Å². The number of benzene rings is 1. The number of hydrogen-bond donors (Lipinski definition) is 1. The molecule has 1 aromatic carbocycles. The first kappa shape index (κ1) is 12.3. The number of rotatable bonds is 5. The fraction of sp³-hybridized carbons (Fsp3) is 0.333. The van der Waals surface area contributed by atoms with Gasteiger partial charge >= 0.3 is 0 Å². The molecule has 0 aliphatic rings. The summed E-state index contributed by atoms with van der Waals surface area (Å²) in [5, 5.41) is 4.32. The lowest BCUT2D eigenvalue weighted by molar-refractivity contribution is 0.198. The number of para-hydroxylation sites is 1. The zero-order chi connectivity index (χ0) is 12.1. The van der Waals surface area contributed by atoms with E-state index in [0.29, 0.717) is 0 Å². The molecular formula is C12H14BrN3O. The van der Waals surface area contributed by atoms with Crippen LogP contribution in [-0.4, -0.2) is 30.2 Å². The van der Waals surface area contributed by atoms with Crippen LogP contribution in [0.15, 0.2) is 29.0 Å². The molecule has 0 radical (unpaired) electrons. The van der Waals surface area contributed by atoms with Crippen molar-refractivity contribution in [2.24, 2.45) is 0 Å². The van der Waals surface area contributed by atoms with Crippen molar-refractivity contribution < 1.29 is 4.74 Å². The topological polar surface area (TPSA) is 47.0 Å². The van der Waals surface area contributed by atoms with Gasteiger partial charge in [0, 0.05) is 30.1 Å². The standard InChI is InChI=1S/C12H14BrN3O/c1-17-7-3-6-14-12-9-4-2-5-10(13)11(9)15-8-16-12/h2,4-5,8H,3,6-7H2,1H3,(H,14,15,16). The fourth-order valence-corrected chi connectivity index (χ4v) is 2.08. The molecule has 0 bridgehead atoms. The summed E-state index contributed by atoms with van der Waals surface area (Å²) in [5.41, 5.74) is 0.928. The summed E-state index contributed by atoms with van der Waals surface area (Å²) in [6, 6.07) is 5.97. The Morgan fingerprint density at radius 2 is 2.24 bits per heavy atom. The first-order valence-electron chi connectivity index (χ1n) is 5.45. The molecule has 90 valence electrons. The molecule has 2 rings (SSSR count). The van der Waals surface area contributed by atoms with E-state index in [1.54, 1.807) is 13.4 Å². The van der Waals surface area contributed by atoms with E-state index in [-0.39, 0.29) is 0 Å². The minimum absolute atomic E-state index is 0.750. The number of nitrogens with one attached hydrogen (secondary N) is 1. The molecule has 0 saturated heterocycles. The summed E-state index contributed by atoms with van der Waals surface area (Å²) in [5.74, 6) is 0.868. The Morgan fingerprint density at radius 3 is 3.06 bits per heavy atom. The lowest BCUT2D eigenvalue weighted by Crippen LogP contribution is -2.06. The van der Waals surface area contributed by atoms with Crippen LogP contribution in [-0.2, 0) is 4.74 Å². The highest BCUT2D eigenvalue weighted by Crippen LogP contribution is 2.25. The molecule has 2 aromatic rings. The highest BCUT2D eigenvalue weighted by atomic mass is 79.9. The van der Waals surface area contributed by atoms with Crippen molar-refractivity contribution in [1.82, 2.24) is 9.97 Å². The highest BCUT2D eigenvalue weighted by Gasteiger charge is 2.04. The number of nitrogens with zero attached hydrogens (tertiary/aromatic N) is 2. The first-order valence-corrected chi connectivity index (χ1v) is 6.24. The van der Waals surface area contributed by atoms with Crippen molar-refractivity contribution in [3.05, 3.63) is 29.0 Å². The molecule has 0 amide bonds. The maximum absolute atomic E-state index is 5.01. The summed E-state index contributed by atoms with van der Waals surface area (Å²) < 4.78 is 5.99. The molecule has 0 spiro atoms. The smallest absolute Gasteiger partial charge is 0.137 e. The molecular weight excluding hydrogens is 282 g/mol. The third-order valence-corrected chi connectivity index (χ3v) is 3.07. The average Bonchev–Trinajstić information content (AvgIpc) is 2.36. The van der Waals surface area contributed by atoms with Gasteiger partial charge < -0.3 is 10.1 Å². The van der Waals surface area contributed by atoms with Crippen molar-refractivity contribution in [2.45, 2.75) is 6.42 Å². The minimum Gasteiger partial charge on any atom is -0.385 e. The van der Waals surface area contributed by atoms with Gasteiger partial charge in [-0.1, -0.05) is 6.07 Å². The second-order valence-corrected chi connectivity index (χ2v) is 4.49. The first-order chi connectivity index (χ1) is 8.33. The van der Waals surface area contributed by atoms with E-state index in [9.17, 15) is 0 Å². The van der Waals surface area contributed by atoms with Crippen molar-refractivity contribution in [3.8, 4) is 0 Å². The lowest BCUT2D eigenvalue weighted by atomic mass is 10.2. The molecule has 1 N–H and O–H groups in total. The number of aromatic nitrogens is 2. The maximum atomic E-state index is 5.01. The zero-order valence-electron chi connectivity index (χ0n) is 9.61. The van der Waals surface area contributed by atoms with E-state index in [4.69, 9.17) is 4.74 Å². The van der Waals surface area contributed by atoms with E-state index in [1.165, 1.54) is 0 Å². The SMILES string of the molecule is COCCCNc1ncnc2c(Br)cccc12. The molecule has 0 fully saturated rings. The van der Waals surface area contributed by atoms with Crippen molar-refractivity contribution >= 4 is 32.7 Å². The molecule has 0 aliphatic carbocycles. The molecule has 4 nitrogen and oxygen atoms in total. The van der Waals surface area contributed by atoms with Crippen LogP contribution in [0.1, 0.15) is 6.42 Å². The van der Waals surface area contributed by atoms with Crippen LogP contribution in [0.3, 0.4) is 0 Å². The maximum Gasteiger partial charge on any atom is 0.137 e. The van der Waals surface area contributed by atoms with Gasteiger partial charge in [-0.3, -0.25) is 0 Å². The largest absolute Gasteiger partial charge is 0.385 e. The molecule has 0 unspecified atom stereocenters. The number of fused-ring (bicyclic) bond motifs is 1. The molecule has 0 aliphatic heterocycles. The number of anilines is 1. The van der Waals surface area contributed by atoms with E-state index >= 15 is 0 Å². The van der Waals surface area contributed by atoms with Gasteiger partial charge in [-0.15, -0.1) is 0 Å². The van der Waals surface area contributed by atoms with Crippen molar-refractivity contribution in [1.29, 1.82) is 0 Å². The van der Waals surface area contributed by atoms with Gasteiger partial charge in [-0.05, 0) is 34.5 Å². The van der Waals surface area contributed by atoms with Crippen LogP contribution in [0, 0.1) is 0 Å². The van der Waals surface area contributed by atoms with Crippen LogP contribution in [0.2, 0.25) is 0 Å². The van der Waals surface area contributed by atoms with Gasteiger partial charge in [0.05, 0.1) is 5.52 Å². The average molecular weight is 296 g/mol. The Balaban J connectivity index is 2.19. The molecule has 1 aromatic heterocycles. The second-order valence-electron chi connectivity index (χ2n) is 3.63. The molecule has 0 atom stereocenters. The molecule has 17 heavy (non-hydrogen) atoms. The van der Waals surface area contributed by atoms with Crippen LogP contribution in [0.5, 0.6) is 0 Å². The Kier molecular flexibility index (Phi) is 4.28. The van der Waals surface area contributed by atoms with E-state index in [0.717, 1.165) is 40.8 Å². The number of ether oxygens (including phenoxy) is 1. The van der Waals surface area contributed by atoms with Crippen LogP contribution < -0.4 is 5.32 Å².